The van der Waals surface area contributed by atoms with Crippen LogP contribution in [0.3, 0.4) is 0 Å². The van der Waals surface area contributed by atoms with E-state index in [2.05, 4.69) is 32.1 Å². The molecule has 1 aliphatic carbocycles. The standard InChI is InChI=1S/C47H55ClF3N5O6S3/c1-33-28-40(57)31-56(33)23-22-38(32-63-41-9-5-3-6-10-41)52-44-21-20-42(29-45(44)64(59,60)47(49,50)51)65(61,62)53-46(58)35-14-18-39(19-15-35)55-26-24-54(25-27-55)30-36-8-4-2-7-11-43(36)34-12-16-37(48)17-13-34/h3,5-6,9-10,12-21,29,33,38,40,52,57H,2,4,7-8,11,22-28,30-32H2,1H3,(H,53,58)/t33?,38-,40?/m1/s1. The molecule has 3 atom stereocenters. The molecule has 18 heteroatoms. The number of alkyl halides is 3. The number of anilines is 2. The summed E-state index contributed by atoms with van der Waals surface area (Å²) in [6.07, 6.45) is 6.09. The van der Waals surface area contributed by atoms with Crippen molar-refractivity contribution >= 4 is 66.1 Å². The van der Waals surface area contributed by atoms with E-state index >= 15 is 0 Å². The third kappa shape index (κ3) is 12.5. The number of benzene rings is 4. The molecule has 0 aromatic heterocycles. The number of likely N-dealkylation sites (tertiary alicyclic amines) is 1. The maximum atomic E-state index is 14.2. The molecular weight excluding hydrogens is 919 g/mol. The summed E-state index contributed by atoms with van der Waals surface area (Å²) in [5.41, 5.74) is -1.24. The number of β-amino-alcohol motifs (C(OH)–C–C–N with tert-alkyl or cyclic N) is 1. The first kappa shape index (κ1) is 48.8. The highest BCUT2D eigenvalue weighted by atomic mass is 35.5. The van der Waals surface area contributed by atoms with Crippen LogP contribution >= 0.6 is 23.4 Å². The van der Waals surface area contributed by atoms with Gasteiger partial charge >= 0.3 is 5.51 Å². The van der Waals surface area contributed by atoms with Crippen LogP contribution in [0.2, 0.25) is 5.02 Å². The summed E-state index contributed by atoms with van der Waals surface area (Å²) in [5.74, 6) is -0.701. The molecule has 350 valence electrons. The van der Waals surface area contributed by atoms with Crippen LogP contribution in [-0.4, -0.2) is 113 Å². The number of thioether (sulfide) groups is 1. The summed E-state index contributed by atoms with van der Waals surface area (Å²) < 4.78 is 97.8. The summed E-state index contributed by atoms with van der Waals surface area (Å²) in [6.45, 7) is 6.90. The maximum absolute atomic E-state index is 14.2. The number of piperazine rings is 1. The van der Waals surface area contributed by atoms with E-state index in [1.54, 1.807) is 12.1 Å². The Morgan fingerprint density at radius 2 is 1.58 bits per heavy atom. The van der Waals surface area contributed by atoms with E-state index in [0.717, 1.165) is 79.7 Å². The van der Waals surface area contributed by atoms with Gasteiger partial charge in [-0.2, -0.15) is 13.2 Å². The fourth-order valence-corrected chi connectivity index (χ4v) is 11.9. The van der Waals surface area contributed by atoms with Crippen molar-refractivity contribution in [3.8, 4) is 0 Å². The van der Waals surface area contributed by atoms with Crippen LogP contribution in [0, 0.1) is 0 Å². The molecular formula is C47H55ClF3N5O6S3. The molecule has 3 aliphatic rings. The van der Waals surface area contributed by atoms with Gasteiger partial charge in [-0.1, -0.05) is 53.9 Å². The van der Waals surface area contributed by atoms with Crippen LogP contribution in [0.15, 0.2) is 117 Å². The Kier molecular flexibility index (Phi) is 16.0. The van der Waals surface area contributed by atoms with E-state index in [-0.39, 0.29) is 11.6 Å². The lowest BCUT2D eigenvalue weighted by Crippen LogP contribution is -2.47. The molecule has 1 amide bonds. The number of rotatable bonds is 16. The van der Waals surface area contributed by atoms with Crippen LogP contribution in [0.1, 0.15) is 67.8 Å². The quantitative estimate of drug-likeness (QED) is 0.0930. The summed E-state index contributed by atoms with van der Waals surface area (Å²) in [4.78, 5) is 18.8. The van der Waals surface area contributed by atoms with Gasteiger partial charge in [-0.15, -0.1) is 11.8 Å². The third-order valence-electron chi connectivity index (χ3n) is 12.4. The Morgan fingerprint density at radius 3 is 2.25 bits per heavy atom. The molecule has 0 spiro atoms. The number of aliphatic hydroxyl groups excluding tert-OH is 1. The average Bonchev–Trinajstić information content (AvgIpc) is 3.44. The first-order valence-corrected chi connectivity index (χ1v) is 26.2. The molecule has 11 nitrogen and oxygen atoms in total. The lowest BCUT2D eigenvalue weighted by molar-refractivity contribution is -0.0435. The van der Waals surface area contributed by atoms with E-state index in [1.165, 1.54) is 53.4 Å². The SMILES string of the molecule is CC1CC(O)CN1CC[C@H](CSc1ccccc1)Nc1ccc(S(=O)(=O)NC(=O)c2ccc(N3CCN(CC4=C(c5ccc(Cl)cc5)CCCCC4)CC3)cc2)cc1S(=O)(=O)C(F)(F)F. The smallest absolute Gasteiger partial charge is 0.392 e. The highest BCUT2D eigenvalue weighted by Crippen LogP contribution is 2.37. The van der Waals surface area contributed by atoms with Gasteiger partial charge in [0.2, 0.25) is 0 Å². The van der Waals surface area contributed by atoms with Crippen LogP contribution in [-0.2, 0) is 19.9 Å². The van der Waals surface area contributed by atoms with Crippen molar-refractivity contribution in [3.05, 3.63) is 119 Å². The topological polar surface area (TPSA) is 139 Å². The third-order valence-corrected chi connectivity index (χ3v) is 16.7. The normalized spacial score (nSPS) is 19.8. The van der Waals surface area contributed by atoms with E-state index in [0.29, 0.717) is 37.8 Å². The number of allylic oxidation sites excluding steroid dienone is 1. The molecule has 4 aromatic carbocycles. The molecule has 7 rings (SSSR count). The average molecular weight is 975 g/mol. The number of nitrogens with one attached hydrogen (secondary N) is 2. The number of sulfone groups is 1. The molecule has 2 aliphatic heterocycles. The van der Waals surface area contributed by atoms with Crippen molar-refractivity contribution in [2.24, 2.45) is 0 Å². The van der Waals surface area contributed by atoms with Crippen LogP contribution in [0.25, 0.3) is 5.57 Å². The van der Waals surface area contributed by atoms with Gasteiger partial charge in [-0.05, 0) is 123 Å². The fourth-order valence-electron chi connectivity index (χ4n) is 8.78. The van der Waals surface area contributed by atoms with Gasteiger partial charge in [0.15, 0.2) is 0 Å². The molecule has 2 fully saturated rings. The predicted octanol–water partition coefficient (Wildman–Crippen LogP) is 8.71. The van der Waals surface area contributed by atoms with E-state index in [1.807, 2.05) is 54.1 Å². The lowest BCUT2D eigenvalue weighted by Gasteiger charge is -2.37. The highest BCUT2D eigenvalue weighted by Gasteiger charge is 2.48. The summed E-state index contributed by atoms with van der Waals surface area (Å²) in [7, 11) is -10.9. The first-order chi connectivity index (χ1) is 31.0. The molecule has 2 unspecified atom stereocenters. The molecule has 3 N–H and O–H groups in total. The van der Waals surface area contributed by atoms with Crippen LogP contribution in [0.5, 0.6) is 0 Å². The monoisotopic (exact) mass is 973 g/mol. The summed E-state index contributed by atoms with van der Waals surface area (Å²) in [5, 5.41) is 13.9. The number of carbonyl (C=O) groups is 1. The van der Waals surface area contributed by atoms with Gasteiger partial charge in [0.1, 0.15) is 4.90 Å². The Balaban J connectivity index is 1.02. The Bertz CT molecular complexity index is 2520. The second-order valence-electron chi connectivity index (χ2n) is 17.0. The molecule has 65 heavy (non-hydrogen) atoms. The number of hydrogen-bond donors (Lipinski definition) is 3. The number of sulfonamides is 1. The zero-order chi connectivity index (χ0) is 46.4. The van der Waals surface area contributed by atoms with Gasteiger partial charge in [0.25, 0.3) is 25.8 Å². The first-order valence-electron chi connectivity index (χ1n) is 21.9. The molecule has 0 bridgehead atoms. The number of aliphatic hydroxyl groups is 1. The van der Waals surface area contributed by atoms with Crippen molar-refractivity contribution in [2.75, 3.05) is 61.8 Å². The molecule has 2 heterocycles. The molecule has 4 aromatic rings. The van der Waals surface area contributed by atoms with E-state index < -0.39 is 58.9 Å². The summed E-state index contributed by atoms with van der Waals surface area (Å²) >= 11 is 7.60. The van der Waals surface area contributed by atoms with Crippen molar-refractivity contribution in [3.63, 3.8) is 0 Å². The number of hydrogen-bond acceptors (Lipinski definition) is 11. The van der Waals surface area contributed by atoms with Gasteiger partial charge < -0.3 is 15.3 Å². The summed E-state index contributed by atoms with van der Waals surface area (Å²) in [6, 6.07) is 25.7. The predicted molar refractivity (Wildman–Crippen MR) is 252 cm³/mol. The van der Waals surface area contributed by atoms with E-state index in [4.69, 9.17) is 11.6 Å². The maximum Gasteiger partial charge on any atom is 0.501 e. The van der Waals surface area contributed by atoms with Crippen molar-refractivity contribution in [1.29, 1.82) is 0 Å². The molecule has 2 saturated heterocycles. The van der Waals surface area contributed by atoms with Crippen LogP contribution < -0.4 is 14.9 Å². The zero-order valence-corrected chi connectivity index (χ0v) is 39.3. The second kappa shape index (κ2) is 21.2. The van der Waals surface area contributed by atoms with Crippen molar-refractivity contribution < 1.29 is 39.9 Å². The van der Waals surface area contributed by atoms with Gasteiger partial charge in [0.05, 0.1) is 16.7 Å². The molecule has 0 saturated carbocycles. The molecule has 0 radical (unpaired) electrons. The van der Waals surface area contributed by atoms with Gasteiger partial charge in [-0.3, -0.25) is 14.6 Å². The minimum Gasteiger partial charge on any atom is -0.392 e. The fraction of sp³-hybridized carbons (Fsp3) is 0.426. The van der Waals surface area contributed by atoms with Gasteiger partial charge in [-0.25, -0.2) is 21.6 Å². The van der Waals surface area contributed by atoms with Crippen LogP contribution in [0.4, 0.5) is 24.5 Å². The Hall–Kier alpha value is -4.10. The van der Waals surface area contributed by atoms with Gasteiger partial charge in [0, 0.05) is 84.8 Å². The van der Waals surface area contributed by atoms with Crippen molar-refractivity contribution in [1.82, 2.24) is 14.5 Å². The highest BCUT2D eigenvalue weighted by molar-refractivity contribution is 7.99. The van der Waals surface area contributed by atoms with E-state index in [9.17, 15) is 39.9 Å². The number of halogens is 4. The lowest BCUT2D eigenvalue weighted by atomic mass is 9.95. The second-order valence-corrected chi connectivity index (χ2v) is 22.1. The number of amides is 1. The minimum absolute atomic E-state index is 0.00832. The minimum atomic E-state index is -6.08. The number of nitrogens with zero attached hydrogens (tertiary/aromatic N) is 3. The van der Waals surface area contributed by atoms with Crippen molar-refractivity contribution in [2.45, 2.75) is 90.3 Å². The largest absolute Gasteiger partial charge is 0.501 e. The Morgan fingerprint density at radius 1 is 0.892 bits per heavy atom. The Labute approximate surface area is 389 Å². The number of carbonyl (C=O) groups excluding carboxylic acids is 1. The zero-order valence-electron chi connectivity index (χ0n) is 36.1.